The predicted molar refractivity (Wildman–Crippen MR) is 116 cm³/mol. The largest absolute Gasteiger partial charge is 0.459 e. The maximum atomic E-state index is 13.0. The van der Waals surface area contributed by atoms with E-state index in [0.717, 1.165) is 19.3 Å². The zero-order valence-electron chi connectivity index (χ0n) is 17.8. The topological polar surface area (TPSA) is 101 Å². The van der Waals surface area contributed by atoms with Crippen molar-refractivity contribution in [3.63, 3.8) is 0 Å². The van der Waals surface area contributed by atoms with Gasteiger partial charge in [-0.05, 0) is 62.9 Å². The Morgan fingerprint density at radius 2 is 2.06 bits per heavy atom. The minimum absolute atomic E-state index is 0.208. The highest BCUT2D eigenvalue weighted by atomic mass is 16.5. The molecule has 0 aliphatic carbocycles. The molecule has 31 heavy (non-hydrogen) atoms. The number of nitrogens with zero attached hydrogens (tertiary/aromatic N) is 1. The minimum Gasteiger partial charge on any atom is -0.459 e. The van der Waals surface area contributed by atoms with Crippen molar-refractivity contribution < 1.29 is 23.5 Å². The van der Waals surface area contributed by atoms with Gasteiger partial charge >= 0.3 is 0 Å². The highest BCUT2D eigenvalue weighted by Gasteiger charge is 2.33. The molecule has 0 bridgehead atoms. The normalized spacial score (nSPS) is 16.0. The summed E-state index contributed by atoms with van der Waals surface area (Å²) >= 11 is 0. The third-order valence-corrected chi connectivity index (χ3v) is 5.15. The fraction of sp³-hybridized carbons (Fsp3) is 0.435. The van der Waals surface area contributed by atoms with E-state index in [1.54, 1.807) is 41.3 Å². The number of likely N-dealkylation sites (tertiary alicyclic amines) is 1. The van der Waals surface area contributed by atoms with E-state index in [-0.39, 0.29) is 23.5 Å². The molecule has 3 rings (SSSR count). The fourth-order valence-corrected chi connectivity index (χ4v) is 3.58. The van der Waals surface area contributed by atoms with Crippen LogP contribution in [0.1, 0.15) is 53.5 Å². The monoisotopic (exact) mass is 427 g/mol. The van der Waals surface area contributed by atoms with Gasteiger partial charge in [-0.2, -0.15) is 0 Å². The van der Waals surface area contributed by atoms with Crippen molar-refractivity contribution in [3.05, 3.63) is 54.0 Å². The van der Waals surface area contributed by atoms with Gasteiger partial charge < -0.3 is 24.7 Å². The number of piperidine rings is 1. The first kappa shape index (κ1) is 22.6. The Balaban J connectivity index is 1.60. The van der Waals surface area contributed by atoms with Crippen LogP contribution in [0.4, 0.5) is 5.69 Å². The number of hydrogen-bond donors (Lipinski definition) is 2. The lowest BCUT2D eigenvalue weighted by molar-refractivity contribution is -0.121. The molecule has 0 spiro atoms. The Hall–Kier alpha value is -3.13. The lowest BCUT2D eigenvalue weighted by Gasteiger charge is -2.34. The lowest BCUT2D eigenvalue weighted by Crippen LogP contribution is -2.49. The Morgan fingerprint density at radius 1 is 1.19 bits per heavy atom. The van der Waals surface area contributed by atoms with Crippen LogP contribution in [0.15, 0.2) is 47.1 Å². The summed E-state index contributed by atoms with van der Waals surface area (Å²) in [5, 5.41) is 5.70. The van der Waals surface area contributed by atoms with Crippen molar-refractivity contribution in [2.24, 2.45) is 0 Å². The van der Waals surface area contributed by atoms with Gasteiger partial charge in [0.1, 0.15) is 6.04 Å². The highest BCUT2D eigenvalue weighted by Crippen LogP contribution is 2.22. The number of ether oxygens (including phenoxy) is 1. The highest BCUT2D eigenvalue weighted by molar-refractivity contribution is 6.01. The summed E-state index contributed by atoms with van der Waals surface area (Å²) in [5.41, 5.74) is 0.976. The smallest absolute Gasteiger partial charge is 0.290 e. The quantitative estimate of drug-likeness (QED) is 0.599. The standard InChI is InChI=1S/C23H29N3O5/c1-2-30-14-7-12-24-21(27)17-8-5-9-18(16-17)25-22(28)19-10-3-4-13-26(19)23(29)20-11-6-15-31-20/h5-6,8-9,11,15-16,19H,2-4,7,10,12-14H2,1H3,(H,24,27)(H,25,28). The van der Waals surface area contributed by atoms with Crippen LogP contribution in [-0.2, 0) is 9.53 Å². The maximum Gasteiger partial charge on any atom is 0.290 e. The number of furan rings is 1. The molecule has 3 amide bonds. The van der Waals surface area contributed by atoms with Crippen LogP contribution in [0.3, 0.4) is 0 Å². The van der Waals surface area contributed by atoms with Crippen molar-refractivity contribution in [1.29, 1.82) is 0 Å². The average molecular weight is 428 g/mol. The summed E-state index contributed by atoms with van der Waals surface area (Å²) in [4.78, 5) is 39.6. The van der Waals surface area contributed by atoms with E-state index in [4.69, 9.17) is 9.15 Å². The molecular weight excluding hydrogens is 398 g/mol. The van der Waals surface area contributed by atoms with Gasteiger partial charge in [0.2, 0.25) is 5.91 Å². The Bertz CT molecular complexity index is 881. The van der Waals surface area contributed by atoms with Gasteiger partial charge in [-0.25, -0.2) is 0 Å². The summed E-state index contributed by atoms with van der Waals surface area (Å²) in [5.74, 6) is -0.540. The lowest BCUT2D eigenvalue weighted by atomic mass is 10.0. The van der Waals surface area contributed by atoms with Gasteiger partial charge in [-0.3, -0.25) is 14.4 Å². The third-order valence-electron chi connectivity index (χ3n) is 5.15. The first-order valence-electron chi connectivity index (χ1n) is 10.7. The molecule has 2 heterocycles. The molecule has 1 unspecified atom stereocenters. The zero-order valence-corrected chi connectivity index (χ0v) is 17.8. The van der Waals surface area contributed by atoms with Crippen molar-refractivity contribution in [3.8, 4) is 0 Å². The predicted octanol–water partition coefficient (Wildman–Crippen LogP) is 3.07. The van der Waals surface area contributed by atoms with Gasteiger partial charge in [-0.15, -0.1) is 0 Å². The first-order valence-corrected chi connectivity index (χ1v) is 10.7. The average Bonchev–Trinajstić information content (AvgIpc) is 3.33. The maximum absolute atomic E-state index is 13.0. The summed E-state index contributed by atoms with van der Waals surface area (Å²) in [6.45, 7) is 4.20. The summed E-state index contributed by atoms with van der Waals surface area (Å²) in [7, 11) is 0. The second-order valence-electron chi connectivity index (χ2n) is 7.36. The number of hydrogen-bond acceptors (Lipinski definition) is 5. The first-order chi connectivity index (χ1) is 15.1. The van der Waals surface area contributed by atoms with Crippen molar-refractivity contribution in [2.75, 3.05) is 31.6 Å². The second-order valence-corrected chi connectivity index (χ2v) is 7.36. The van der Waals surface area contributed by atoms with E-state index < -0.39 is 6.04 Å². The van der Waals surface area contributed by atoms with Crippen LogP contribution in [-0.4, -0.2) is 55.0 Å². The molecule has 2 aromatic rings. The van der Waals surface area contributed by atoms with Gasteiger partial charge in [-0.1, -0.05) is 6.07 Å². The van der Waals surface area contributed by atoms with E-state index >= 15 is 0 Å². The van der Waals surface area contributed by atoms with E-state index in [1.165, 1.54) is 6.26 Å². The van der Waals surface area contributed by atoms with Gasteiger partial charge in [0.05, 0.1) is 6.26 Å². The van der Waals surface area contributed by atoms with Crippen LogP contribution in [0, 0.1) is 0 Å². The number of carbonyl (C=O) groups is 3. The van der Waals surface area contributed by atoms with Gasteiger partial charge in [0.15, 0.2) is 5.76 Å². The summed E-state index contributed by atoms with van der Waals surface area (Å²) < 4.78 is 10.5. The summed E-state index contributed by atoms with van der Waals surface area (Å²) in [6.07, 6.45) is 4.47. The number of nitrogens with one attached hydrogen (secondary N) is 2. The van der Waals surface area contributed by atoms with Crippen LogP contribution < -0.4 is 10.6 Å². The molecule has 1 fully saturated rings. The molecule has 8 nitrogen and oxygen atoms in total. The molecule has 8 heteroatoms. The molecule has 0 radical (unpaired) electrons. The Kier molecular flexibility index (Phi) is 8.23. The molecule has 1 saturated heterocycles. The molecule has 2 N–H and O–H groups in total. The van der Waals surface area contributed by atoms with Crippen molar-refractivity contribution in [1.82, 2.24) is 10.2 Å². The number of amides is 3. The van der Waals surface area contributed by atoms with Crippen LogP contribution in [0.25, 0.3) is 0 Å². The number of anilines is 1. The molecule has 0 saturated carbocycles. The molecule has 1 atom stereocenters. The number of benzene rings is 1. The number of rotatable bonds is 9. The molecule has 1 aliphatic heterocycles. The molecular formula is C23H29N3O5. The summed E-state index contributed by atoms with van der Waals surface area (Å²) in [6, 6.07) is 9.45. The van der Waals surface area contributed by atoms with E-state index in [1.807, 2.05) is 6.92 Å². The van der Waals surface area contributed by atoms with Gasteiger partial charge in [0.25, 0.3) is 11.8 Å². The SMILES string of the molecule is CCOCCCNC(=O)c1cccc(NC(=O)C2CCCCN2C(=O)c2ccco2)c1. The molecule has 166 valence electrons. The van der Waals surface area contributed by atoms with Gasteiger partial charge in [0, 0.05) is 37.6 Å². The van der Waals surface area contributed by atoms with Crippen LogP contribution in [0.5, 0.6) is 0 Å². The van der Waals surface area contributed by atoms with Crippen molar-refractivity contribution >= 4 is 23.4 Å². The molecule has 1 aromatic carbocycles. The molecule has 1 aromatic heterocycles. The minimum atomic E-state index is -0.581. The van der Waals surface area contributed by atoms with E-state index in [0.29, 0.717) is 44.0 Å². The molecule has 1 aliphatic rings. The van der Waals surface area contributed by atoms with E-state index in [9.17, 15) is 14.4 Å². The van der Waals surface area contributed by atoms with Crippen molar-refractivity contribution in [2.45, 2.75) is 38.6 Å². The Morgan fingerprint density at radius 3 is 2.84 bits per heavy atom. The number of carbonyl (C=O) groups excluding carboxylic acids is 3. The Labute approximate surface area is 181 Å². The van der Waals surface area contributed by atoms with Crippen LogP contribution >= 0.6 is 0 Å². The third kappa shape index (κ3) is 6.18. The second kappa shape index (κ2) is 11.3. The van der Waals surface area contributed by atoms with E-state index in [2.05, 4.69) is 10.6 Å². The zero-order chi connectivity index (χ0) is 22.1. The van der Waals surface area contributed by atoms with Crippen LogP contribution in [0.2, 0.25) is 0 Å². The fourth-order valence-electron chi connectivity index (χ4n) is 3.58.